The number of aromatic nitrogens is 4. The van der Waals surface area contributed by atoms with E-state index in [0.717, 1.165) is 5.01 Å². The maximum Gasteiger partial charge on any atom is 0.573 e. The first kappa shape index (κ1) is 25.4. The van der Waals surface area contributed by atoms with E-state index in [1.54, 1.807) is 28.5 Å². The number of hydrogen-bond acceptors (Lipinski definition) is 7. The lowest BCUT2D eigenvalue weighted by molar-refractivity contribution is -0.274. The molecule has 38 heavy (non-hydrogen) atoms. The van der Waals surface area contributed by atoms with Crippen LogP contribution in [0.3, 0.4) is 0 Å². The Morgan fingerprint density at radius 1 is 1.08 bits per heavy atom. The minimum atomic E-state index is -4.75. The number of fused-ring (bicyclic) bond motifs is 1. The topological polar surface area (TPSA) is 125 Å². The van der Waals surface area contributed by atoms with Crippen molar-refractivity contribution in [3.63, 3.8) is 0 Å². The van der Waals surface area contributed by atoms with E-state index in [1.807, 2.05) is 0 Å². The van der Waals surface area contributed by atoms with Crippen molar-refractivity contribution in [2.24, 2.45) is 0 Å². The van der Waals surface area contributed by atoms with Crippen LogP contribution in [0.15, 0.2) is 47.8 Å². The quantitative estimate of drug-likeness (QED) is 0.324. The molecule has 1 aliphatic rings. The summed E-state index contributed by atoms with van der Waals surface area (Å²) >= 11 is 1.42. The highest BCUT2D eigenvalue weighted by Gasteiger charge is 2.31. The van der Waals surface area contributed by atoms with Gasteiger partial charge in [0.1, 0.15) is 22.5 Å². The molecule has 0 atom stereocenters. The van der Waals surface area contributed by atoms with E-state index in [2.05, 4.69) is 35.8 Å². The number of thiazole rings is 1. The first-order chi connectivity index (χ1) is 18.2. The zero-order valence-electron chi connectivity index (χ0n) is 19.8. The van der Waals surface area contributed by atoms with Gasteiger partial charge in [-0.3, -0.25) is 4.79 Å². The molecule has 0 bridgehead atoms. The van der Waals surface area contributed by atoms with Gasteiger partial charge in [0.2, 0.25) is 0 Å². The largest absolute Gasteiger partial charge is 0.573 e. The number of H-pyrrole nitrogens is 1. The number of ether oxygens (including phenoxy) is 1. The summed E-state index contributed by atoms with van der Waals surface area (Å²) in [5.41, 5.74) is 2.92. The van der Waals surface area contributed by atoms with Gasteiger partial charge >= 0.3 is 12.4 Å². The van der Waals surface area contributed by atoms with Gasteiger partial charge in [-0.05, 0) is 48.7 Å². The van der Waals surface area contributed by atoms with Crippen LogP contribution in [-0.2, 0) is 6.54 Å². The van der Waals surface area contributed by atoms with E-state index in [1.165, 1.54) is 35.6 Å². The Morgan fingerprint density at radius 3 is 2.55 bits per heavy atom. The zero-order valence-corrected chi connectivity index (χ0v) is 20.6. The van der Waals surface area contributed by atoms with Crippen molar-refractivity contribution < 1.29 is 27.5 Å². The van der Waals surface area contributed by atoms with Gasteiger partial charge < -0.3 is 20.3 Å². The number of anilines is 1. The number of carbonyl (C=O) groups excluding carboxylic acids is 2. The maximum absolute atomic E-state index is 12.7. The van der Waals surface area contributed by atoms with E-state index in [-0.39, 0.29) is 30.2 Å². The first-order valence-corrected chi connectivity index (χ1v) is 12.6. The molecule has 0 spiro atoms. The number of nitrogens with one attached hydrogen (secondary N) is 3. The predicted octanol–water partition coefficient (Wildman–Crippen LogP) is 4.65. The summed E-state index contributed by atoms with van der Waals surface area (Å²) in [7, 11) is 0. The van der Waals surface area contributed by atoms with E-state index >= 15 is 0 Å². The molecular formula is C24H22F3N7O3S. The van der Waals surface area contributed by atoms with Crippen molar-refractivity contribution in [3.05, 3.63) is 64.1 Å². The van der Waals surface area contributed by atoms with E-state index in [0.29, 0.717) is 53.9 Å². The van der Waals surface area contributed by atoms with Crippen molar-refractivity contribution in [3.8, 4) is 5.75 Å². The molecule has 3 amide bonds. The highest BCUT2D eigenvalue weighted by atomic mass is 32.1. The molecule has 3 N–H and O–H groups in total. The Bertz CT molecular complexity index is 1430. The van der Waals surface area contributed by atoms with Gasteiger partial charge in [0.25, 0.3) is 5.91 Å². The normalized spacial score (nSPS) is 14.4. The lowest BCUT2D eigenvalue weighted by Gasteiger charge is -2.31. The Balaban J connectivity index is 1.09. The van der Waals surface area contributed by atoms with E-state index in [9.17, 15) is 22.8 Å². The third-order valence-electron chi connectivity index (χ3n) is 6.06. The standard InChI is InChI=1S/C24H22F3N7O3S/c25-24(26,27)37-17-4-1-14(2-5-17)12-28-23(36)34-9-7-15(8-10-34)22-30-20(13-38-22)21(35)29-16-3-6-18-19(11-16)32-33-31-18/h1-6,11,13,15H,7-10,12H2,(H,28,36)(H,29,35)(H,31,32,33). The number of piperidine rings is 1. The SMILES string of the molecule is O=C(Nc1ccc2n[nH]nc2c1)c1csc(C2CCN(C(=O)NCc3ccc(OC(F)(F)F)cc3)CC2)n1. The van der Waals surface area contributed by atoms with E-state index in [4.69, 9.17) is 0 Å². The van der Waals surface area contributed by atoms with Gasteiger partial charge in [-0.25, -0.2) is 9.78 Å². The minimum absolute atomic E-state index is 0.137. The average Bonchev–Trinajstić information content (AvgIpc) is 3.57. The van der Waals surface area contributed by atoms with E-state index < -0.39 is 6.36 Å². The fraction of sp³-hybridized carbons (Fsp3) is 0.292. The Hall–Kier alpha value is -4.20. The number of nitrogens with zero attached hydrogens (tertiary/aromatic N) is 4. The number of halogens is 3. The molecule has 198 valence electrons. The Labute approximate surface area is 218 Å². The lowest BCUT2D eigenvalue weighted by Crippen LogP contribution is -2.43. The summed E-state index contributed by atoms with van der Waals surface area (Å²) in [4.78, 5) is 31.5. The predicted molar refractivity (Wildman–Crippen MR) is 133 cm³/mol. The van der Waals surface area contributed by atoms with Crippen molar-refractivity contribution in [1.82, 2.24) is 30.6 Å². The molecule has 14 heteroatoms. The molecule has 2 aromatic heterocycles. The van der Waals surface area contributed by atoms with Crippen LogP contribution >= 0.6 is 11.3 Å². The highest BCUT2D eigenvalue weighted by molar-refractivity contribution is 7.10. The van der Waals surface area contributed by atoms with Gasteiger partial charge in [-0.1, -0.05) is 12.1 Å². The summed E-state index contributed by atoms with van der Waals surface area (Å²) in [5.74, 6) is -0.492. The zero-order chi connectivity index (χ0) is 26.7. The summed E-state index contributed by atoms with van der Waals surface area (Å²) < 4.78 is 40.7. The smallest absolute Gasteiger partial charge is 0.406 e. The average molecular weight is 546 g/mol. The summed E-state index contributed by atoms with van der Waals surface area (Å²) in [6.07, 6.45) is -3.34. The number of amides is 3. The fourth-order valence-corrected chi connectivity index (χ4v) is 5.09. The fourth-order valence-electron chi connectivity index (χ4n) is 4.12. The summed E-state index contributed by atoms with van der Waals surface area (Å²) in [6.45, 7) is 1.22. The first-order valence-electron chi connectivity index (χ1n) is 11.7. The van der Waals surface area contributed by atoms with Gasteiger partial charge in [0.05, 0.1) is 5.01 Å². The molecule has 4 aromatic rings. The Kier molecular flexibility index (Phi) is 7.13. The number of hydrogen-bond donors (Lipinski definition) is 3. The summed E-state index contributed by atoms with van der Waals surface area (Å²) in [6, 6.07) is 10.3. The Morgan fingerprint density at radius 2 is 1.82 bits per heavy atom. The molecule has 5 rings (SSSR count). The molecule has 2 aromatic carbocycles. The van der Waals surface area contributed by atoms with Crippen LogP contribution in [0.4, 0.5) is 23.7 Å². The van der Waals surface area contributed by atoms with Gasteiger partial charge in [0.15, 0.2) is 0 Å². The number of urea groups is 1. The molecule has 10 nitrogen and oxygen atoms in total. The monoisotopic (exact) mass is 545 g/mol. The van der Waals surface area contributed by atoms with Gasteiger partial charge in [-0.15, -0.1) is 24.5 Å². The second-order valence-corrected chi connectivity index (χ2v) is 9.55. The molecule has 3 heterocycles. The van der Waals surface area contributed by atoms with Crippen LogP contribution < -0.4 is 15.4 Å². The molecular weight excluding hydrogens is 523 g/mol. The van der Waals surface area contributed by atoms with Crippen LogP contribution in [0, 0.1) is 0 Å². The second-order valence-electron chi connectivity index (χ2n) is 8.66. The number of likely N-dealkylation sites (tertiary alicyclic amines) is 1. The summed E-state index contributed by atoms with van der Waals surface area (Å²) in [5, 5.41) is 18.7. The number of alkyl halides is 3. The lowest BCUT2D eigenvalue weighted by atomic mass is 9.98. The van der Waals surface area contributed by atoms with Crippen LogP contribution in [-0.4, -0.2) is 56.7 Å². The molecule has 0 aliphatic carbocycles. The minimum Gasteiger partial charge on any atom is -0.406 e. The molecule has 0 radical (unpaired) electrons. The van der Waals surface area contributed by atoms with Crippen LogP contribution in [0.5, 0.6) is 5.75 Å². The van der Waals surface area contributed by atoms with Crippen LogP contribution in [0.25, 0.3) is 11.0 Å². The number of aromatic amines is 1. The molecule has 1 saturated heterocycles. The van der Waals surface area contributed by atoms with Gasteiger partial charge in [-0.2, -0.15) is 15.4 Å². The van der Waals surface area contributed by atoms with Crippen molar-refractivity contribution >= 4 is 40.0 Å². The highest BCUT2D eigenvalue weighted by Crippen LogP contribution is 2.31. The van der Waals surface area contributed by atoms with Crippen LogP contribution in [0.2, 0.25) is 0 Å². The van der Waals surface area contributed by atoms with Crippen molar-refractivity contribution in [2.45, 2.75) is 31.7 Å². The van der Waals surface area contributed by atoms with Crippen molar-refractivity contribution in [1.29, 1.82) is 0 Å². The number of benzene rings is 2. The number of rotatable bonds is 6. The third kappa shape index (κ3) is 6.19. The molecule has 0 unspecified atom stereocenters. The van der Waals surface area contributed by atoms with Gasteiger partial charge in [0, 0.05) is 36.6 Å². The molecule has 1 fully saturated rings. The molecule has 1 aliphatic heterocycles. The second kappa shape index (κ2) is 10.7. The number of carbonyl (C=O) groups is 2. The third-order valence-corrected chi connectivity index (χ3v) is 7.07. The molecule has 0 saturated carbocycles. The van der Waals surface area contributed by atoms with Crippen LogP contribution in [0.1, 0.15) is 39.8 Å². The van der Waals surface area contributed by atoms with Crippen molar-refractivity contribution in [2.75, 3.05) is 18.4 Å². The maximum atomic E-state index is 12.7.